The molecule has 6 heteroatoms. The van der Waals surface area contributed by atoms with Crippen LogP contribution in [-0.4, -0.2) is 32.7 Å². The maximum atomic E-state index is 10.2. The van der Waals surface area contributed by atoms with Crippen molar-refractivity contribution in [1.82, 2.24) is 0 Å². The summed E-state index contributed by atoms with van der Waals surface area (Å²) in [5, 5.41) is 16.0. The minimum absolute atomic E-state index is 0.139. The number of hydrogen-bond acceptors (Lipinski definition) is 4. The molecule has 58 valence electrons. The van der Waals surface area contributed by atoms with Crippen LogP contribution in [0.15, 0.2) is 0 Å². The van der Waals surface area contributed by atoms with E-state index >= 15 is 0 Å². The van der Waals surface area contributed by atoms with Gasteiger partial charge in [-0.1, -0.05) is 0 Å². The molecule has 0 aliphatic heterocycles. The molecule has 0 fully saturated rings. The van der Waals surface area contributed by atoms with Crippen molar-refractivity contribution >= 4 is 8.69 Å². The highest BCUT2D eigenvalue weighted by molar-refractivity contribution is 7.38. The highest BCUT2D eigenvalue weighted by atomic mass is 31.2. The van der Waals surface area contributed by atoms with Crippen LogP contribution < -0.4 is 0 Å². The van der Waals surface area contributed by atoms with Crippen LogP contribution in [0, 0.1) is 0 Å². The molecule has 0 aromatic heterocycles. The fourth-order valence-corrected chi connectivity index (χ4v) is 0. The Bertz CT molecular complexity index is 48.3. The van der Waals surface area contributed by atoms with Gasteiger partial charge in [0.1, 0.15) is 0 Å². The molecule has 0 heterocycles. The van der Waals surface area contributed by atoms with Gasteiger partial charge in [0, 0.05) is 0 Å². The predicted octanol–water partition coefficient (Wildman–Crippen LogP) is -0.473. The second-order valence-electron chi connectivity index (χ2n) is 1.27. The second-order valence-corrected chi connectivity index (χ2v) is 1.75. The van der Waals surface area contributed by atoms with E-state index in [1.54, 1.807) is 0 Å². The van der Waals surface area contributed by atoms with Gasteiger partial charge >= 0.3 is 8.69 Å². The summed E-state index contributed by atoms with van der Waals surface area (Å²) in [7, 11) is -3.12. The average molecular weight is 160 g/mol. The fourth-order valence-electron chi connectivity index (χ4n) is 0. The summed E-state index contributed by atoms with van der Waals surface area (Å²) in [5.74, 6) is 0. The molecule has 0 aliphatic rings. The van der Waals surface area contributed by atoms with Crippen molar-refractivity contribution in [3.05, 3.63) is 0 Å². The van der Waals surface area contributed by atoms with Crippen LogP contribution in [-0.2, 0) is 0 Å². The molecule has 1 unspecified atom stereocenters. The molecule has 0 spiro atoms. The molecular formula is C3H10FO4P. The summed E-state index contributed by atoms with van der Waals surface area (Å²) >= 11 is 0. The molecule has 0 amide bonds. The molecule has 0 aromatic carbocycles. The van der Waals surface area contributed by atoms with Gasteiger partial charge in [-0.2, -0.15) is 4.20 Å². The third kappa shape index (κ3) is 65.1. The van der Waals surface area contributed by atoms with Crippen molar-refractivity contribution < 1.29 is 24.2 Å². The van der Waals surface area contributed by atoms with E-state index in [0.29, 0.717) is 0 Å². The van der Waals surface area contributed by atoms with E-state index in [1.807, 2.05) is 0 Å². The fraction of sp³-hybridized carbons (Fsp3) is 1.00. The first-order valence-electron chi connectivity index (χ1n) is 2.13. The van der Waals surface area contributed by atoms with Crippen LogP contribution in [0.4, 0.5) is 4.20 Å². The predicted molar refractivity (Wildman–Crippen MR) is 31.2 cm³/mol. The molecule has 0 bridgehead atoms. The van der Waals surface area contributed by atoms with Crippen LogP contribution >= 0.6 is 8.69 Å². The maximum absolute atomic E-state index is 10.2. The van der Waals surface area contributed by atoms with Crippen molar-refractivity contribution in [1.29, 1.82) is 0 Å². The van der Waals surface area contributed by atoms with Crippen molar-refractivity contribution in [3.8, 4) is 0 Å². The first-order valence-corrected chi connectivity index (χ1v) is 3.27. The zero-order valence-corrected chi connectivity index (χ0v) is 5.79. The molecule has 0 rings (SSSR count). The molecule has 9 heavy (non-hydrogen) atoms. The molecule has 4 nitrogen and oxygen atoms in total. The number of halogens is 1. The SMILES string of the molecule is CC(O)CO.OP(O)F. The van der Waals surface area contributed by atoms with E-state index < -0.39 is 14.8 Å². The number of aliphatic hydroxyl groups excluding tert-OH is 2. The summed E-state index contributed by atoms with van der Waals surface area (Å²) in [5.41, 5.74) is 0. The molecule has 1 atom stereocenters. The van der Waals surface area contributed by atoms with Gasteiger partial charge in [-0.25, -0.2) is 0 Å². The lowest BCUT2D eigenvalue weighted by Gasteiger charge is -1.90. The van der Waals surface area contributed by atoms with Crippen LogP contribution in [0.2, 0.25) is 0 Å². The van der Waals surface area contributed by atoms with Gasteiger partial charge in [-0.05, 0) is 6.92 Å². The highest BCUT2D eigenvalue weighted by Gasteiger charge is 1.83. The normalized spacial score (nSPS) is 12.3. The van der Waals surface area contributed by atoms with Crippen molar-refractivity contribution in [2.24, 2.45) is 0 Å². The van der Waals surface area contributed by atoms with Crippen molar-refractivity contribution in [2.75, 3.05) is 6.61 Å². The molecule has 0 saturated heterocycles. The molecular weight excluding hydrogens is 150 g/mol. The Kier molecular flexibility index (Phi) is 10.9. The zero-order chi connectivity index (χ0) is 7.86. The van der Waals surface area contributed by atoms with Gasteiger partial charge in [0.2, 0.25) is 0 Å². The molecule has 4 N–H and O–H groups in total. The van der Waals surface area contributed by atoms with Crippen LogP contribution in [0.5, 0.6) is 0 Å². The topological polar surface area (TPSA) is 80.9 Å². The Balaban J connectivity index is 0. The van der Waals surface area contributed by atoms with Gasteiger partial charge in [0.05, 0.1) is 12.7 Å². The molecule has 0 saturated carbocycles. The van der Waals surface area contributed by atoms with E-state index in [0.717, 1.165) is 0 Å². The Hall–Kier alpha value is 0.200. The number of hydrogen-bond donors (Lipinski definition) is 4. The van der Waals surface area contributed by atoms with E-state index in [-0.39, 0.29) is 6.61 Å². The minimum atomic E-state index is -3.12. The summed E-state index contributed by atoms with van der Waals surface area (Å²) in [6.07, 6.45) is -0.560. The Morgan fingerprint density at radius 2 is 1.67 bits per heavy atom. The van der Waals surface area contributed by atoms with Gasteiger partial charge in [-0.15, -0.1) is 0 Å². The highest BCUT2D eigenvalue weighted by Crippen LogP contribution is 2.22. The largest absolute Gasteiger partial charge is 0.394 e. The Labute approximate surface area is 53.6 Å². The summed E-state index contributed by atoms with van der Waals surface area (Å²) in [4.78, 5) is 14.0. The van der Waals surface area contributed by atoms with Crippen molar-refractivity contribution in [3.63, 3.8) is 0 Å². The lowest BCUT2D eigenvalue weighted by atomic mass is 10.5. The smallest absolute Gasteiger partial charge is 0.369 e. The zero-order valence-electron chi connectivity index (χ0n) is 4.90. The minimum Gasteiger partial charge on any atom is -0.394 e. The van der Waals surface area contributed by atoms with Crippen LogP contribution in [0.3, 0.4) is 0 Å². The summed E-state index contributed by atoms with van der Waals surface area (Å²) in [6, 6.07) is 0. The molecule has 0 aliphatic carbocycles. The van der Waals surface area contributed by atoms with Gasteiger partial charge in [0.15, 0.2) is 0 Å². The lowest BCUT2D eigenvalue weighted by Crippen LogP contribution is -2.03. The Morgan fingerprint density at radius 3 is 1.67 bits per heavy atom. The summed E-state index contributed by atoms with van der Waals surface area (Å²) in [6.45, 7) is 1.39. The molecule has 0 radical (unpaired) electrons. The van der Waals surface area contributed by atoms with Gasteiger partial charge < -0.3 is 20.0 Å². The van der Waals surface area contributed by atoms with Gasteiger partial charge in [-0.3, -0.25) is 0 Å². The van der Waals surface area contributed by atoms with Gasteiger partial charge in [0.25, 0.3) is 0 Å². The standard InChI is InChI=1S/C3H8O2.FH2O2P/c1-3(5)2-4;1-4(2)3/h3-5H,2H2,1H3;2-3H. The number of rotatable bonds is 1. The first kappa shape index (κ1) is 11.9. The monoisotopic (exact) mass is 160 g/mol. The van der Waals surface area contributed by atoms with Crippen LogP contribution in [0.1, 0.15) is 6.92 Å². The average Bonchev–Trinajstić information content (AvgIpc) is 1.65. The van der Waals surface area contributed by atoms with E-state index in [2.05, 4.69) is 0 Å². The quantitative estimate of drug-likeness (QED) is 0.391. The third-order valence-electron chi connectivity index (χ3n) is 0.264. The van der Waals surface area contributed by atoms with Crippen LogP contribution in [0.25, 0.3) is 0 Å². The van der Waals surface area contributed by atoms with E-state index in [4.69, 9.17) is 20.0 Å². The second kappa shape index (κ2) is 8.20. The lowest BCUT2D eigenvalue weighted by molar-refractivity contribution is 0.110. The third-order valence-corrected chi connectivity index (χ3v) is 0.264. The van der Waals surface area contributed by atoms with Crippen molar-refractivity contribution in [2.45, 2.75) is 13.0 Å². The summed E-state index contributed by atoms with van der Waals surface area (Å²) < 4.78 is 10.2. The Morgan fingerprint density at radius 1 is 1.56 bits per heavy atom. The number of aliphatic hydroxyl groups is 2. The maximum Gasteiger partial charge on any atom is 0.369 e. The van der Waals surface area contributed by atoms with E-state index in [1.165, 1.54) is 6.92 Å². The first-order chi connectivity index (χ1) is 4.00. The molecule has 0 aromatic rings. The van der Waals surface area contributed by atoms with E-state index in [9.17, 15) is 4.20 Å².